The first kappa shape index (κ1) is 18.7. The molecular formula is C20H12Cl2N2O3. The maximum Gasteiger partial charge on any atom is 0.273 e. The zero-order valence-electron chi connectivity index (χ0n) is 14.0. The molecule has 0 spiro atoms. The molecule has 0 atom stereocenters. The Labute approximate surface area is 164 Å². The van der Waals surface area contributed by atoms with Crippen LogP contribution in [0.3, 0.4) is 0 Å². The maximum atomic E-state index is 12.9. The Balaban J connectivity index is 2.24. The summed E-state index contributed by atoms with van der Waals surface area (Å²) in [6.45, 7) is 1.78. The van der Waals surface area contributed by atoms with Gasteiger partial charge >= 0.3 is 0 Å². The first-order valence-electron chi connectivity index (χ1n) is 7.78. The van der Waals surface area contributed by atoms with Crippen molar-refractivity contribution in [2.24, 2.45) is 0 Å². The number of nitrogens with zero attached hydrogens (tertiary/aromatic N) is 2. The third-order valence-corrected chi connectivity index (χ3v) is 4.50. The van der Waals surface area contributed by atoms with Gasteiger partial charge in [0, 0.05) is 16.8 Å². The van der Waals surface area contributed by atoms with Gasteiger partial charge in [0.2, 0.25) is 0 Å². The SMILES string of the molecule is Cc1ccc(O)c(C(=O)c2cc(C#N)c(=O)n(-c3ccc(Cl)cc3Cl)c2)c1. The second-order valence-corrected chi connectivity index (χ2v) is 6.72. The number of rotatable bonds is 3. The van der Waals surface area contributed by atoms with Crippen LogP contribution >= 0.6 is 23.2 Å². The molecule has 0 saturated heterocycles. The number of aromatic hydroxyl groups is 1. The summed E-state index contributed by atoms with van der Waals surface area (Å²) in [4.78, 5) is 25.4. The van der Waals surface area contributed by atoms with E-state index < -0.39 is 11.3 Å². The second kappa shape index (κ2) is 7.28. The molecule has 1 heterocycles. The van der Waals surface area contributed by atoms with Gasteiger partial charge in [-0.05, 0) is 43.3 Å². The van der Waals surface area contributed by atoms with E-state index in [0.29, 0.717) is 5.02 Å². The van der Waals surface area contributed by atoms with Gasteiger partial charge in [0.05, 0.1) is 16.3 Å². The predicted octanol–water partition coefficient (Wildman–Crippen LogP) is 4.26. The van der Waals surface area contributed by atoms with Crippen LogP contribution in [0, 0.1) is 18.3 Å². The van der Waals surface area contributed by atoms with Crippen molar-refractivity contribution in [3.8, 4) is 17.5 Å². The molecule has 0 aliphatic rings. The van der Waals surface area contributed by atoms with Crippen LogP contribution in [-0.4, -0.2) is 15.5 Å². The lowest BCUT2D eigenvalue weighted by atomic mass is 10.0. The molecule has 0 radical (unpaired) electrons. The third-order valence-electron chi connectivity index (χ3n) is 3.97. The van der Waals surface area contributed by atoms with Crippen LogP contribution in [0.4, 0.5) is 0 Å². The fourth-order valence-corrected chi connectivity index (χ4v) is 3.13. The van der Waals surface area contributed by atoms with Gasteiger partial charge in [0.15, 0.2) is 5.78 Å². The van der Waals surface area contributed by atoms with Gasteiger partial charge in [-0.15, -0.1) is 0 Å². The first-order chi connectivity index (χ1) is 12.8. The van der Waals surface area contributed by atoms with Gasteiger partial charge in [-0.1, -0.05) is 34.8 Å². The van der Waals surface area contributed by atoms with E-state index in [1.54, 1.807) is 25.1 Å². The molecule has 0 amide bonds. The quantitative estimate of drug-likeness (QED) is 0.667. The van der Waals surface area contributed by atoms with Crippen molar-refractivity contribution in [3.05, 3.63) is 91.3 Å². The lowest BCUT2D eigenvalue weighted by Gasteiger charge is -2.12. The number of ketones is 1. The van der Waals surface area contributed by atoms with E-state index in [0.717, 1.165) is 10.1 Å². The Bertz CT molecular complexity index is 1180. The van der Waals surface area contributed by atoms with Crippen LogP contribution in [0.1, 0.15) is 27.0 Å². The van der Waals surface area contributed by atoms with Crippen LogP contribution in [0.2, 0.25) is 10.0 Å². The Morgan fingerprint density at radius 1 is 1.15 bits per heavy atom. The average Bonchev–Trinajstić information content (AvgIpc) is 2.64. The second-order valence-electron chi connectivity index (χ2n) is 5.87. The zero-order chi connectivity index (χ0) is 19.7. The number of nitriles is 1. The number of aryl methyl sites for hydroxylation is 1. The maximum absolute atomic E-state index is 12.9. The van der Waals surface area contributed by atoms with Crippen LogP contribution < -0.4 is 5.56 Å². The predicted molar refractivity (Wildman–Crippen MR) is 103 cm³/mol. The summed E-state index contributed by atoms with van der Waals surface area (Å²) in [6, 6.07) is 12.1. The highest BCUT2D eigenvalue weighted by atomic mass is 35.5. The van der Waals surface area contributed by atoms with Crippen molar-refractivity contribution >= 4 is 29.0 Å². The van der Waals surface area contributed by atoms with Crippen LogP contribution in [0.15, 0.2) is 53.5 Å². The molecule has 3 rings (SSSR count). The fraction of sp³-hybridized carbons (Fsp3) is 0.0500. The van der Waals surface area contributed by atoms with Gasteiger partial charge in [-0.2, -0.15) is 5.26 Å². The topological polar surface area (TPSA) is 83.1 Å². The molecule has 0 bridgehead atoms. The highest BCUT2D eigenvalue weighted by Gasteiger charge is 2.18. The smallest absolute Gasteiger partial charge is 0.273 e. The number of halogens is 2. The summed E-state index contributed by atoms with van der Waals surface area (Å²) in [5.41, 5.74) is 0.367. The molecule has 3 aromatic rings. The molecule has 0 fully saturated rings. The van der Waals surface area contributed by atoms with E-state index in [1.807, 2.05) is 0 Å². The Hall–Kier alpha value is -3.07. The highest BCUT2D eigenvalue weighted by Crippen LogP contribution is 2.25. The van der Waals surface area contributed by atoms with E-state index in [9.17, 15) is 20.0 Å². The molecule has 27 heavy (non-hydrogen) atoms. The monoisotopic (exact) mass is 398 g/mol. The minimum Gasteiger partial charge on any atom is -0.507 e. The Morgan fingerprint density at radius 2 is 1.89 bits per heavy atom. The van der Waals surface area contributed by atoms with Gasteiger partial charge in [0.1, 0.15) is 17.4 Å². The summed E-state index contributed by atoms with van der Waals surface area (Å²) in [5.74, 6) is -0.710. The molecule has 1 aromatic heterocycles. The molecular weight excluding hydrogens is 387 g/mol. The number of carbonyl (C=O) groups excluding carboxylic acids is 1. The molecule has 5 nitrogen and oxygen atoms in total. The molecule has 2 aromatic carbocycles. The molecule has 0 unspecified atom stereocenters. The van der Waals surface area contributed by atoms with Gasteiger partial charge in [-0.25, -0.2) is 0 Å². The number of pyridine rings is 1. The standard InChI is InChI=1S/C20H12Cl2N2O3/c1-11-2-5-18(25)15(6-11)19(26)13-7-12(9-23)20(27)24(10-13)17-4-3-14(21)8-16(17)22/h2-8,10,25H,1H3. The lowest BCUT2D eigenvalue weighted by molar-refractivity contribution is 0.103. The summed E-state index contributed by atoms with van der Waals surface area (Å²) >= 11 is 12.1. The summed E-state index contributed by atoms with van der Waals surface area (Å²) in [6.07, 6.45) is 1.29. The van der Waals surface area contributed by atoms with E-state index in [2.05, 4.69) is 0 Å². The van der Waals surface area contributed by atoms with E-state index >= 15 is 0 Å². The van der Waals surface area contributed by atoms with Crippen molar-refractivity contribution in [1.82, 2.24) is 4.57 Å². The number of aromatic nitrogens is 1. The van der Waals surface area contributed by atoms with E-state index in [-0.39, 0.29) is 33.1 Å². The van der Waals surface area contributed by atoms with E-state index in [1.165, 1.54) is 36.5 Å². The number of hydrogen-bond donors (Lipinski definition) is 1. The largest absolute Gasteiger partial charge is 0.507 e. The molecule has 1 N–H and O–H groups in total. The minimum atomic E-state index is -0.619. The minimum absolute atomic E-state index is 0.0677. The van der Waals surface area contributed by atoms with Crippen molar-refractivity contribution in [2.75, 3.05) is 0 Å². The van der Waals surface area contributed by atoms with Crippen molar-refractivity contribution in [2.45, 2.75) is 6.92 Å². The van der Waals surface area contributed by atoms with E-state index in [4.69, 9.17) is 23.2 Å². The molecule has 7 heteroatoms. The Morgan fingerprint density at radius 3 is 2.56 bits per heavy atom. The normalized spacial score (nSPS) is 10.4. The summed E-state index contributed by atoms with van der Waals surface area (Å²) in [5, 5.41) is 19.9. The first-order valence-corrected chi connectivity index (χ1v) is 8.54. The number of phenols is 1. The Kier molecular flexibility index (Phi) is 5.04. The van der Waals surface area contributed by atoms with Gasteiger partial charge < -0.3 is 5.11 Å². The zero-order valence-corrected chi connectivity index (χ0v) is 15.5. The van der Waals surface area contributed by atoms with Crippen LogP contribution in [0.25, 0.3) is 5.69 Å². The number of hydrogen-bond acceptors (Lipinski definition) is 4. The number of benzene rings is 2. The van der Waals surface area contributed by atoms with Crippen molar-refractivity contribution in [3.63, 3.8) is 0 Å². The van der Waals surface area contributed by atoms with Crippen LogP contribution in [-0.2, 0) is 0 Å². The number of phenolic OH excluding ortho intramolecular Hbond substituents is 1. The molecule has 0 saturated carbocycles. The van der Waals surface area contributed by atoms with Gasteiger partial charge in [0.25, 0.3) is 5.56 Å². The number of carbonyl (C=O) groups is 1. The van der Waals surface area contributed by atoms with Crippen molar-refractivity contribution in [1.29, 1.82) is 5.26 Å². The lowest BCUT2D eigenvalue weighted by Crippen LogP contribution is -2.23. The molecule has 134 valence electrons. The molecule has 0 aliphatic heterocycles. The third kappa shape index (κ3) is 3.59. The molecule has 0 aliphatic carbocycles. The fourth-order valence-electron chi connectivity index (χ4n) is 2.63. The van der Waals surface area contributed by atoms with Crippen LogP contribution in [0.5, 0.6) is 5.75 Å². The average molecular weight is 399 g/mol. The summed E-state index contributed by atoms with van der Waals surface area (Å²) in [7, 11) is 0. The van der Waals surface area contributed by atoms with Gasteiger partial charge in [-0.3, -0.25) is 14.2 Å². The van der Waals surface area contributed by atoms with Crippen molar-refractivity contribution < 1.29 is 9.90 Å². The summed E-state index contributed by atoms with van der Waals surface area (Å²) < 4.78 is 1.12. The highest BCUT2D eigenvalue weighted by molar-refractivity contribution is 6.35.